The predicted octanol–water partition coefficient (Wildman–Crippen LogP) is 2.92. The average molecular weight is 235 g/mol. The van der Waals surface area contributed by atoms with Crippen molar-refractivity contribution in [3.63, 3.8) is 0 Å². The van der Waals surface area contributed by atoms with Gasteiger partial charge in [-0.2, -0.15) is 5.10 Å². The van der Waals surface area contributed by atoms with Crippen LogP contribution in [0.15, 0.2) is 12.4 Å². The van der Waals surface area contributed by atoms with Crippen molar-refractivity contribution in [1.29, 1.82) is 0 Å². The summed E-state index contributed by atoms with van der Waals surface area (Å²) in [5.74, 6) is 0.874. The molecule has 1 fully saturated rings. The molecule has 2 rings (SSSR count). The largest absolute Gasteiger partial charge is 0.312 e. The van der Waals surface area contributed by atoms with Crippen LogP contribution in [0.25, 0.3) is 0 Å². The smallest absolute Gasteiger partial charge is 0.0674 e. The van der Waals surface area contributed by atoms with E-state index in [1.54, 1.807) is 0 Å². The third-order valence-corrected chi connectivity index (χ3v) is 4.04. The Morgan fingerprint density at radius 2 is 2.24 bits per heavy atom. The van der Waals surface area contributed by atoms with Crippen molar-refractivity contribution in [2.75, 3.05) is 6.54 Å². The van der Waals surface area contributed by atoms with Gasteiger partial charge in [0.25, 0.3) is 0 Å². The van der Waals surface area contributed by atoms with Gasteiger partial charge in [0.2, 0.25) is 0 Å². The van der Waals surface area contributed by atoms with Crippen molar-refractivity contribution < 1.29 is 0 Å². The topological polar surface area (TPSA) is 29.9 Å². The molecule has 1 N–H and O–H groups in total. The summed E-state index contributed by atoms with van der Waals surface area (Å²) in [6.45, 7) is 7.67. The number of hydrogen-bond donors (Lipinski definition) is 1. The van der Waals surface area contributed by atoms with Gasteiger partial charge in [0, 0.05) is 12.2 Å². The molecule has 0 bridgehead atoms. The molecule has 3 heteroatoms. The molecule has 1 aliphatic carbocycles. The molecular formula is C14H25N3. The van der Waals surface area contributed by atoms with E-state index in [1.807, 2.05) is 6.20 Å². The number of aryl methyl sites for hydroxylation is 1. The SMILES string of the molecule is CCNC1CCC(CC)CC1n1cc(C)cn1. The first-order chi connectivity index (χ1) is 8.24. The lowest BCUT2D eigenvalue weighted by molar-refractivity contribution is 0.192. The van der Waals surface area contributed by atoms with Gasteiger partial charge >= 0.3 is 0 Å². The van der Waals surface area contributed by atoms with E-state index in [4.69, 9.17) is 0 Å². The summed E-state index contributed by atoms with van der Waals surface area (Å²) in [4.78, 5) is 0. The highest BCUT2D eigenvalue weighted by Crippen LogP contribution is 2.34. The maximum absolute atomic E-state index is 4.52. The second kappa shape index (κ2) is 5.67. The Morgan fingerprint density at radius 3 is 2.82 bits per heavy atom. The minimum absolute atomic E-state index is 0.544. The Labute approximate surface area is 105 Å². The molecule has 1 saturated carbocycles. The fourth-order valence-corrected chi connectivity index (χ4v) is 3.01. The van der Waals surface area contributed by atoms with Crippen molar-refractivity contribution in [2.45, 2.75) is 58.5 Å². The van der Waals surface area contributed by atoms with Gasteiger partial charge in [-0.05, 0) is 44.2 Å². The van der Waals surface area contributed by atoms with Crippen molar-refractivity contribution in [2.24, 2.45) is 5.92 Å². The van der Waals surface area contributed by atoms with E-state index in [2.05, 4.69) is 42.1 Å². The zero-order chi connectivity index (χ0) is 12.3. The molecule has 0 aromatic carbocycles. The van der Waals surface area contributed by atoms with Gasteiger partial charge in [0.05, 0.1) is 12.2 Å². The Hall–Kier alpha value is -0.830. The molecule has 0 saturated heterocycles. The van der Waals surface area contributed by atoms with Crippen LogP contribution in [0.2, 0.25) is 0 Å². The third kappa shape index (κ3) is 2.89. The number of aromatic nitrogens is 2. The summed E-state index contributed by atoms with van der Waals surface area (Å²) >= 11 is 0. The highest BCUT2D eigenvalue weighted by Gasteiger charge is 2.30. The van der Waals surface area contributed by atoms with Crippen molar-refractivity contribution >= 4 is 0 Å². The van der Waals surface area contributed by atoms with E-state index >= 15 is 0 Å². The summed E-state index contributed by atoms with van der Waals surface area (Å²) < 4.78 is 2.18. The van der Waals surface area contributed by atoms with Crippen molar-refractivity contribution in [1.82, 2.24) is 15.1 Å². The number of nitrogens with one attached hydrogen (secondary N) is 1. The molecule has 3 nitrogen and oxygen atoms in total. The molecule has 0 spiro atoms. The standard InChI is InChI=1S/C14H25N3/c1-4-12-6-7-13(15-5-2)14(8-12)17-10-11(3)9-16-17/h9-10,12-15H,4-8H2,1-3H3. The van der Waals surface area contributed by atoms with Crippen LogP contribution in [-0.4, -0.2) is 22.4 Å². The lowest BCUT2D eigenvalue weighted by Crippen LogP contribution is -2.41. The fraction of sp³-hybridized carbons (Fsp3) is 0.786. The molecule has 3 unspecified atom stereocenters. The number of rotatable bonds is 4. The van der Waals surface area contributed by atoms with Crippen LogP contribution >= 0.6 is 0 Å². The number of hydrogen-bond acceptors (Lipinski definition) is 2. The Bertz CT molecular complexity index is 345. The molecule has 17 heavy (non-hydrogen) atoms. The van der Waals surface area contributed by atoms with Gasteiger partial charge in [0.15, 0.2) is 0 Å². The second-order valence-electron chi connectivity index (χ2n) is 5.32. The van der Waals surface area contributed by atoms with Crippen molar-refractivity contribution in [3.05, 3.63) is 18.0 Å². The zero-order valence-corrected chi connectivity index (χ0v) is 11.3. The molecule has 0 radical (unpaired) electrons. The minimum Gasteiger partial charge on any atom is -0.312 e. The van der Waals surface area contributed by atoms with Gasteiger partial charge in [-0.3, -0.25) is 4.68 Å². The summed E-state index contributed by atoms with van der Waals surface area (Å²) in [5, 5.41) is 8.14. The Kier molecular flexibility index (Phi) is 4.21. The minimum atomic E-state index is 0.544. The van der Waals surface area contributed by atoms with E-state index < -0.39 is 0 Å². The maximum atomic E-state index is 4.52. The normalized spacial score (nSPS) is 29.5. The first-order valence-electron chi connectivity index (χ1n) is 6.98. The van der Waals surface area contributed by atoms with Crippen LogP contribution in [0.5, 0.6) is 0 Å². The Balaban J connectivity index is 2.12. The predicted molar refractivity (Wildman–Crippen MR) is 71.1 cm³/mol. The van der Waals surface area contributed by atoms with Gasteiger partial charge in [-0.1, -0.05) is 20.3 Å². The van der Waals surface area contributed by atoms with Gasteiger partial charge < -0.3 is 5.32 Å². The first-order valence-corrected chi connectivity index (χ1v) is 6.98. The van der Waals surface area contributed by atoms with E-state index in [-0.39, 0.29) is 0 Å². The van der Waals surface area contributed by atoms with E-state index in [0.29, 0.717) is 12.1 Å². The third-order valence-electron chi connectivity index (χ3n) is 4.04. The number of nitrogens with zero attached hydrogens (tertiary/aromatic N) is 2. The molecule has 96 valence electrons. The number of likely N-dealkylation sites (N-methyl/N-ethyl adjacent to an activating group) is 1. The lowest BCUT2D eigenvalue weighted by Gasteiger charge is -2.36. The maximum Gasteiger partial charge on any atom is 0.0674 e. The Morgan fingerprint density at radius 1 is 1.41 bits per heavy atom. The van der Waals surface area contributed by atoms with Crippen LogP contribution in [-0.2, 0) is 0 Å². The molecular weight excluding hydrogens is 210 g/mol. The zero-order valence-electron chi connectivity index (χ0n) is 11.3. The lowest BCUT2D eigenvalue weighted by atomic mass is 9.81. The summed E-state index contributed by atoms with van der Waals surface area (Å²) in [6, 6.07) is 1.14. The highest BCUT2D eigenvalue weighted by molar-refractivity contribution is 5.02. The van der Waals surface area contributed by atoms with E-state index in [1.165, 1.54) is 31.2 Å². The summed E-state index contributed by atoms with van der Waals surface area (Å²) in [6.07, 6.45) is 9.39. The molecule has 1 heterocycles. The average Bonchev–Trinajstić information content (AvgIpc) is 2.77. The molecule has 0 amide bonds. The quantitative estimate of drug-likeness (QED) is 0.869. The molecule has 1 aliphatic rings. The van der Waals surface area contributed by atoms with Crippen LogP contribution in [0, 0.1) is 12.8 Å². The van der Waals surface area contributed by atoms with E-state index in [9.17, 15) is 0 Å². The molecule has 3 atom stereocenters. The second-order valence-corrected chi connectivity index (χ2v) is 5.32. The van der Waals surface area contributed by atoms with Crippen LogP contribution in [0.4, 0.5) is 0 Å². The van der Waals surface area contributed by atoms with Gasteiger partial charge in [-0.15, -0.1) is 0 Å². The van der Waals surface area contributed by atoms with Crippen LogP contribution < -0.4 is 5.32 Å². The molecule has 1 aromatic heterocycles. The highest BCUT2D eigenvalue weighted by atomic mass is 15.3. The van der Waals surface area contributed by atoms with Gasteiger partial charge in [-0.25, -0.2) is 0 Å². The summed E-state index contributed by atoms with van der Waals surface area (Å²) in [7, 11) is 0. The van der Waals surface area contributed by atoms with Crippen LogP contribution in [0.1, 0.15) is 51.1 Å². The van der Waals surface area contributed by atoms with E-state index in [0.717, 1.165) is 12.5 Å². The van der Waals surface area contributed by atoms with Crippen LogP contribution in [0.3, 0.4) is 0 Å². The first kappa shape index (κ1) is 12.6. The summed E-state index contributed by atoms with van der Waals surface area (Å²) in [5.41, 5.74) is 1.26. The monoisotopic (exact) mass is 235 g/mol. The molecule has 0 aliphatic heterocycles. The van der Waals surface area contributed by atoms with Gasteiger partial charge in [0.1, 0.15) is 0 Å². The van der Waals surface area contributed by atoms with Crippen molar-refractivity contribution in [3.8, 4) is 0 Å². The molecule has 1 aromatic rings. The fourth-order valence-electron chi connectivity index (χ4n) is 3.01.